The second-order valence-electron chi connectivity index (χ2n) is 5.51. The summed E-state index contributed by atoms with van der Waals surface area (Å²) in [6.45, 7) is 0. The fourth-order valence-electron chi connectivity index (χ4n) is 2.38. The number of amides is 2. The first kappa shape index (κ1) is 18.0. The van der Waals surface area contributed by atoms with E-state index in [-0.39, 0.29) is 5.78 Å². The molecular weight excluding hydrogens is 371 g/mol. The zero-order valence-corrected chi connectivity index (χ0v) is 15.0. The number of anilines is 2. The van der Waals surface area contributed by atoms with Gasteiger partial charge in [-0.2, -0.15) is 0 Å². The third-order valence-electron chi connectivity index (χ3n) is 3.56. The Bertz CT molecular complexity index is 922. The van der Waals surface area contributed by atoms with Crippen molar-refractivity contribution >= 4 is 46.4 Å². The Hall–Kier alpha value is -2.82. The minimum Gasteiger partial charge on any atom is -0.308 e. The van der Waals surface area contributed by atoms with Crippen molar-refractivity contribution in [3.8, 4) is 0 Å². The minimum atomic E-state index is -0.439. The van der Waals surface area contributed by atoms with Crippen molar-refractivity contribution in [3.63, 3.8) is 0 Å². The molecule has 0 aliphatic heterocycles. The molecule has 0 saturated heterocycles. The first-order valence-electron chi connectivity index (χ1n) is 7.75. The van der Waals surface area contributed by atoms with Gasteiger partial charge in [0, 0.05) is 32.5 Å². The number of hydrogen-bond acceptors (Lipinski definition) is 2. The predicted molar refractivity (Wildman–Crippen MR) is 105 cm³/mol. The number of hydrogen-bond donors (Lipinski definition) is 2. The zero-order chi connectivity index (χ0) is 18.5. The smallest absolute Gasteiger partial charge is 0.308 e. The Morgan fingerprint density at radius 2 is 1.19 bits per heavy atom. The van der Waals surface area contributed by atoms with Gasteiger partial charge in [-0.15, -0.1) is 0 Å². The molecule has 0 saturated carbocycles. The monoisotopic (exact) mass is 384 g/mol. The zero-order valence-electron chi connectivity index (χ0n) is 13.5. The lowest BCUT2D eigenvalue weighted by Crippen LogP contribution is -2.19. The summed E-state index contributed by atoms with van der Waals surface area (Å²) in [7, 11) is 0. The van der Waals surface area contributed by atoms with E-state index in [9.17, 15) is 9.59 Å². The summed E-state index contributed by atoms with van der Waals surface area (Å²) in [5.41, 5.74) is 2.20. The Morgan fingerprint density at radius 1 is 0.654 bits per heavy atom. The number of benzene rings is 3. The predicted octanol–water partition coefficient (Wildman–Crippen LogP) is 5.87. The normalized spacial score (nSPS) is 10.2. The maximum Gasteiger partial charge on any atom is 0.323 e. The van der Waals surface area contributed by atoms with Crippen LogP contribution in [0.2, 0.25) is 10.0 Å². The first-order valence-corrected chi connectivity index (χ1v) is 8.51. The third-order valence-corrected chi connectivity index (χ3v) is 4.00. The van der Waals surface area contributed by atoms with Crippen LogP contribution in [0.15, 0.2) is 72.8 Å². The van der Waals surface area contributed by atoms with E-state index in [1.54, 1.807) is 54.6 Å². The van der Waals surface area contributed by atoms with E-state index in [1.165, 1.54) is 0 Å². The van der Waals surface area contributed by atoms with E-state index in [0.29, 0.717) is 32.5 Å². The molecule has 4 nitrogen and oxygen atoms in total. The highest BCUT2D eigenvalue weighted by atomic mass is 35.5. The van der Waals surface area contributed by atoms with Gasteiger partial charge >= 0.3 is 6.03 Å². The molecule has 3 aromatic carbocycles. The molecule has 2 amide bonds. The molecule has 3 aromatic rings. The highest BCUT2D eigenvalue weighted by molar-refractivity contribution is 6.35. The summed E-state index contributed by atoms with van der Waals surface area (Å²) in [5, 5.41) is 6.19. The van der Waals surface area contributed by atoms with Crippen molar-refractivity contribution in [1.82, 2.24) is 0 Å². The molecule has 2 N–H and O–H groups in total. The average Bonchev–Trinajstić information content (AvgIpc) is 2.61. The van der Waals surface area contributed by atoms with Gasteiger partial charge in [0.1, 0.15) is 0 Å². The van der Waals surface area contributed by atoms with Crippen LogP contribution in [0.5, 0.6) is 0 Å². The van der Waals surface area contributed by atoms with Crippen LogP contribution in [0.25, 0.3) is 0 Å². The highest BCUT2D eigenvalue weighted by Crippen LogP contribution is 2.22. The topological polar surface area (TPSA) is 58.2 Å². The standard InChI is InChI=1S/C20H14Cl2N2O2/c21-15-10-16(22)12-18(11-15)24-20(26)23-17-8-6-14(7-9-17)19(25)13-4-2-1-3-5-13/h1-12H,(H2,23,24,26). The van der Waals surface area contributed by atoms with Gasteiger partial charge in [0.15, 0.2) is 5.78 Å². The lowest BCUT2D eigenvalue weighted by atomic mass is 10.0. The number of halogens is 2. The van der Waals surface area contributed by atoms with Gasteiger partial charge in [0.05, 0.1) is 0 Å². The number of carbonyl (C=O) groups excluding carboxylic acids is 2. The number of carbonyl (C=O) groups is 2. The van der Waals surface area contributed by atoms with Gasteiger partial charge in [0.2, 0.25) is 0 Å². The van der Waals surface area contributed by atoms with Crippen molar-refractivity contribution < 1.29 is 9.59 Å². The minimum absolute atomic E-state index is 0.0739. The summed E-state index contributed by atoms with van der Waals surface area (Å²) in [6, 6.07) is 20.0. The Kier molecular flexibility index (Phi) is 5.56. The fraction of sp³-hybridized carbons (Fsp3) is 0. The van der Waals surface area contributed by atoms with Crippen molar-refractivity contribution in [2.24, 2.45) is 0 Å². The Morgan fingerprint density at radius 3 is 1.81 bits per heavy atom. The molecule has 130 valence electrons. The van der Waals surface area contributed by atoms with Gasteiger partial charge < -0.3 is 10.6 Å². The molecule has 0 bridgehead atoms. The average molecular weight is 385 g/mol. The van der Waals surface area contributed by atoms with Crippen LogP contribution >= 0.6 is 23.2 Å². The van der Waals surface area contributed by atoms with Gasteiger partial charge in [-0.1, -0.05) is 53.5 Å². The van der Waals surface area contributed by atoms with Crippen molar-refractivity contribution in [2.75, 3.05) is 10.6 Å². The number of ketones is 1. The summed E-state index contributed by atoms with van der Waals surface area (Å²) in [6.07, 6.45) is 0. The summed E-state index contributed by atoms with van der Waals surface area (Å²) in [5.74, 6) is -0.0739. The van der Waals surface area contributed by atoms with Gasteiger partial charge in [-0.25, -0.2) is 4.79 Å². The van der Waals surface area contributed by atoms with Gasteiger partial charge in [0.25, 0.3) is 0 Å². The van der Waals surface area contributed by atoms with E-state index in [0.717, 1.165) is 0 Å². The van der Waals surface area contributed by atoms with Crippen LogP contribution < -0.4 is 10.6 Å². The quantitative estimate of drug-likeness (QED) is 0.552. The van der Waals surface area contributed by atoms with Crippen LogP contribution in [0.4, 0.5) is 16.2 Å². The van der Waals surface area contributed by atoms with Crippen LogP contribution in [0.3, 0.4) is 0 Å². The molecule has 0 aliphatic carbocycles. The number of rotatable bonds is 4. The third kappa shape index (κ3) is 4.63. The lowest BCUT2D eigenvalue weighted by molar-refractivity contribution is 0.103. The van der Waals surface area contributed by atoms with E-state index in [4.69, 9.17) is 23.2 Å². The fourth-order valence-corrected chi connectivity index (χ4v) is 2.91. The molecular formula is C20H14Cl2N2O2. The van der Waals surface area contributed by atoms with E-state index >= 15 is 0 Å². The molecule has 6 heteroatoms. The SMILES string of the molecule is O=C(Nc1ccc(C(=O)c2ccccc2)cc1)Nc1cc(Cl)cc(Cl)c1. The number of nitrogens with one attached hydrogen (secondary N) is 2. The summed E-state index contributed by atoms with van der Waals surface area (Å²) in [4.78, 5) is 24.4. The summed E-state index contributed by atoms with van der Waals surface area (Å²) < 4.78 is 0. The largest absolute Gasteiger partial charge is 0.323 e. The van der Waals surface area contributed by atoms with Crippen LogP contribution in [-0.2, 0) is 0 Å². The molecule has 0 radical (unpaired) electrons. The van der Waals surface area contributed by atoms with Crippen molar-refractivity contribution in [2.45, 2.75) is 0 Å². The maximum atomic E-state index is 12.4. The molecule has 0 aromatic heterocycles. The summed E-state index contributed by atoms with van der Waals surface area (Å²) >= 11 is 11.8. The van der Waals surface area contributed by atoms with Crippen molar-refractivity contribution in [1.29, 1.82) is 0 Å². The van der Waals surface area contributed by atoms with Gasteiger partial charge in [-0.3, -0.25) is 4.79 Å². The van der Waals surface area contributed by atoms with Crippen LogP contribution in [-0.4, -0.2) is 11.8 Å². The molecule has 0 spiro atoms. The number of urea groups is 1. The van der Waals surface area contributed by atoms with E-state index in [2.05, 4.69) is 10.6 Å². The molecule has 0 aliphatic rings. The van der Waals surface area contributed by atoms with E-state index < -0.39 is 6.03 Å². The molecule has 0 atom stereocenters. The Labute approximate surface area is 160 Å². The molecule has 0 heterocycles. The second kappa shape index (κ2) is 8.04. The van der Waals surface area contributed by atoms with Crippen molar-refractivity contribution in [3.05, 3.63) is 94.0 Å². The molecule has 3 rings (SSSR count). The van der Waals surface area contributed by atoms with Crippen LogP contribution in [0, 0.1) is 0 Å². The lowest BCUT2D eigenvalue weighted by Gasteiger charge is -2.09. The molecule has 26 heavy (non-hydrogen) atoms. The first-order chi connectivity index (χ1) is 12.5. The maximum absolute atomic E-state index is 12.4. The Balaban J connectivity index is 1.65. The molecule has 0 fully saturated rings. The molecule has 0 unspecified atom stereocenters. The van der Waals surface area contributed by atoms with Gasteiger partial charge in [-0.05, 0) is 42.5 Å². The van der Waals surface area contributed by atoms with E-state index in [1.807, 2.05) is 18.2 Å². The van der Waals surface area contributed by atoms with Crippen LogP contribution in [0.1, 0.15) is 15.9 Å². The highest BCUT2D eigenvalue weighted by Gasteiger charge is 2.09. The second-order valence-corrected chi connectivity index (χ2v) is 6.38.